The molecule has 2 aromatic rings. The van der Waals surface area contributed by atoms with Crippen LogP contribution in [0.2, 0.25) is 0 Å². The molecule has 154 valence electrons. The average molecular weight is 389 g/mol. The maximum atomic E-state index is 5.93. The largest absolute Gasteiger partial charge is 0.491 e. The van der Waals surface area contributed by atoms with Gasteiger partial charge < -0.3 is 19.5 Å². The second kappa shape index (κ2) is 10.7. The molecule has 7 nitrogen and oxygen atoms in total. The summed E-state index contributed by atoms with van der Waals surface area (Å²) in [6.07, 6.45) is 8.05. The van der Waals surface area contributed by atoms with Gasteiger partial charge in [0.2, 0.25) is 0 Å². The van der Waals surface area contributed by atoms with Gasteiger partial charge in [0.15, 0.2) is 23.1 Å². The van der Waals surface area contributed by atoms with E-state index in [4.69, 9.17) is 14.2 Å². The fraction of sp³-hybridized carbons (Fsp3) is 0.571. The summed E-state index contributed by atoms with van der Waals surface area (Å²) in [7, 11) is 1.62. The molecule has 1 aliphatic rings. The highest BCUT2D eigenvalue weighted by Crippen LogP contribution is 2.33. The maximum Gasteiger partial charge on any atom is 0.180 e. The number of rotatable bonds is 11. The van der Waals surface area contributed by atoms with Gasteiger partial charge in [0.25, 0.3) is 0 Å². The Balaban J connectivity index is 0.00000280. The van der Waals surface area contributed by atoms with Crippen molar-refractivity contribution in [2.75, 3.05) is 25.6 Å². The minimum Gasteiger partial charge on any atom is -0.491 e. The van der Waals surface area contributed by atoms with Crippen LogP contribution >= 0.6 is 0 Å². The molecule has 1 fully saturated rings. The summed E-state index contributed by atoms with van der Waals surface area (Å²) in [5.41, 5.74) is 0.765. The number of unbranched alkanes of at least 4 members (excludes halogenated alkanes) is 1. The second-order valence-corrected chi connectivity index (χ2v) is 6.78. The Morgan fingerprint density at radius 2 is 1.89 bits per heavy atom. The summed E-state index contributed by atoms with van der Waals surface area (Å²) in [5.74, 6) is 4.06. The van der Waals surface area contributed by atoms with Gasteiger partial charge in [-0.3, -0.25) is 4.98 Å². The number of nitrogens with one attached hydrogen (secondary N) is 1. The lowest BCUT2D eigenvalue weighted by atomic mass is 10.3. The Morgan fingerprint density at radius 1 is 1.11 bits per heavy atom. The minimum atomic E-state index is 0. The van der Waals surface area contributed by atoms with Crippen LogP contribution in [0.5, 0.6) is 17.2 Å². The first-order chi connectivity index (χ1) is 13.2. The highest BCUT2D eigenvalue weighted by atomic mass is 16.5. The van der Waals surface area contributed by atoms with Crippen molar-refractivity contribution in [3.8, 4) is 17.2 Å². The van der Waals surface area contributed by atoms with Crippen molar-refractivity contribution >= 4 is 5.82 Å². The normalized spacial score (nSPS) is 12.8. The predicted molar refractivity (Wildman–Crippen MR) is 110 cm³/mol. The molecule has 0 bridgehead atoms. The van der Waals surface area contributed by atoms with E-state index < -0.39 is 0 Å². The van der Waals surface area contributed by atoms with Gasteiger partial charge in [-0.2, -0.15) is 0 Å². The SMILES string of the molecule is C.CCCCNc1nc(C)ncc1OCc1cc(OCC2CC2)c(OC)cn1. The summed E-state index contributed by atoms with van der Waals surface area (Å²) in [5, 5.41) is 3.32. The zero-order valence-corrected chi connectivity index (χ0v) is 16.3. The first-order valence-electron chi connectivity index (χ1n) is 9.55. The first kappa shape index (κ1) is 21.7. The average Bonchev–Trinajstić information content (AvgIpc) is 3.50. The van der Waals surface area contributed by atoms with E-state index in [1.165, 1.54) is 12.8 Å². The molecule has 0 unspecified atom stereocenters. The molecule has 1 aliphatic carbocycles. The predicted octanol–water partition coefficient (Wildman–Crippen LogP) is 4.40. The third kappa shape index (κ3) is 6.25. The van der Waals surface area contributed by atoms with E-state index in [2.05, 4.69) is 27.2 Å². The van der Waals surface area contributed by atoms with E-state index in [0.29, 0.717) is 35.6 Å². The summed E-state index contributed by atoms with van der Waals surface area (Å²) in [6, 6.07) is 1.88. The lowest BCUT2D eigenvalue weighted by Crippen LogP contribution is -2.08. The van der Waals surface area contributed by atoms with Gasteiger partial charge in [0.1, 0.15) is 12.4 Å². The van der Waals surface area contributed by atoms with Crippen molar-refractivity contribution in [2.24, 2.45) is 5.92 Å². The number of aryl methyl sites for hydroxylation is 1. The molecule has 28 heavy (non-hydrogen) atoms. The van der Waals surface area contributed by atoms with Crippen LogP contribution in [-0.2, 0) is 6.61 Å². The first-order valence-corrected chi connectivity index (χ1v) is 9.55. The third-order valence-electron chi connectivity index (χ3n) is 4.35. The molecular weight excluding hydrogens is 356 g/mol. The lowest BCUT2D eigenvalue weighted by molar-refractivity contribution is 0.273. The smallest absolute Gasteiger partial charge is 0.180 e. The highest BCUT2D eigenvalue weighted by molar-refractivity contribution is 5.48. The molecule has 3 rings (SSSR count). The molecule has 0 aromatic carbocycles. The summed E-state index contributed by atoms with van der Waals surface area (Å²) in [4.78, 5) is 13.1. The molecule has 2 heterocycles. The molecule has 7 heteroatoms. The maximum absolute atomic E-state index is 5.93. The van der Waals surface area contributed by atoms with Crippen LogP contribution in [0.3, 0.4) is 0 Å². The number of hydrogen-bond donors (Lipinski definition) is 1. The van der Waals surface area contributed by atoms with Crippen LogP contribution < -0.4 is 19.5 Å². The Kier molecular flexibility index (Phi) is 8.29. The van der Waals surface area contributed by atoms with E-state index in [0.717, 1.165) is 37.5 Å². The number of aromatic nitrogens is 3. The fourth-order valence-corrected chi connectivity index (χ4v) is 2.53. The van der Waals surface area contributed by atoms with Gasteiger partial charge in [-0.05, 0) is 32.1 Å². The van der Waals surface area contributed by atoms with Gasteiger partial charge in [-0.1, -0.05) is 20.8 Å². The summed E-state index contributed by atoms with van der Waals surface area (Å²) >= 11 is 0. The van der Waals surface area contributed by atoms with Crippen molar-refractivity contribution in [2.45, 2.75) is 53.6 Å². The molecule has 0 aliphatic heterocycles. The van der Waals surface area contributed by atoms with Gasteiger partial charge >= 0.3 is 0 Å². The number of nitrogens with zero attached hydrogens (tertiary/aromatic N) is 3. The van der Waals surface area contributed by atoms with Crippen molar-refractivity contribution in [3.63, 3.8) is 0 Å². The van der Waals surface area contributed by atoms with E-state index in [1.807, 2.05) is 13.0 Å². The standard InChI is InChI=1S/C20H28N4O3.CH4/c1-4-5-8-21-20-19(11-22-14(2)24-20)27-13-16-9-17(18(25-3)10-23-16)26-12-15-6-7-15;/h9-11,15H,4-8,12-13H2,1-3H3,(H,21,22,24);1H4. The van der Waals surface area contributed by atoms with Crippen molar-refractivity contribution in [1.29, 1.82) is 0 Å². The summed E-state index contributed by atoms with van der Waals surface area (Å²) < 4.78 is 17.2. The molecule has 0 radical (unpaired) electrons. The topological polar surface area (TPSA) is 78.4 Å². The van der Waals surface area contributed by atoms with E-state index in [9.17, 15) is 0 Å². The Hall–Kier alpha value is -2.57. The van der Waals surface area contributed by atoms with Crippen molar-refractivity contribution < 1.29 is 14.2 Å². The van der Waals surface area contributed by atoms with E-state index in [-0.39, 0.29) is 7.43 Å². The lowest BCUT2D eigenvalue weighted by Gasteiger charge is -2.14. The van der Waals surface area contributed by atoms with Crippen LogP contribution in [0.1, 0.15) is 51.6 Å². The highest BCUT2D eigenvalue weighted by Gasteiger charge is 2.22. The van der Waals surface area contributed by atoms with Crippen LogP contribution in [0.25, 0.3) is 0 Å². The molecule has 0 atom stereocenters. The number of methoxy groups -OCH3 is 1. The van der Waals surface area contributed by atoms with Crippen LogP contribution in [0.4, 0.5) is 5.82 Å². The molecular formula is C21H32N4O3. The van der Waals surface area contributed by atoms with Crippen molar-refractivity contribution in [1.82, 2.24) is 15.0 Å². The molecule has 0 amide bonds. The van der Waals surface area contributed by atoms with Gasteiger partial charge in [-0.25, -0.2) is 9.97 Å². The minimum absolute atomic E-state index is 0. The Morgan fingerprint density at radius 3 is 2.61 bits per heavy atom. The number of anilines is 1. The Bertz CT molecular complexity index is 750. The number of hydrogen-bond acceptors (Lipinski definition) is 7. The van der Waals surface area contributed by atoms with Gasteiger partial charge in [0.05, 0.1) is 31.8 Å². The van der Waals surface area contributed by atoms with Crippen LogP contribution in [0, 0.1) is 12.8 Å². The Labute approximate surface area is 167 Å². The third-order valence-corrected chi connectivity index (χ3v) is 4.35. The summed E-state index contributed by atoms with van der Waals surface area (Å²) in [6.45, 7) is 5.89. The second-order valence-electron chi connectivity index (χ2n) is 6.78. The van der Waals surface area contributed by atoms with Crippen molar-refractivity contribution in [3.05, 3.63) is 30.0 Å². The zero-order chi connectivity index (χ0) is 19.1. The van der Waals surface area contributed by atoms with Gasteiger partial charge in [0, 0.05) is 12.6 Å². The molecule has 2 aromatic heterocycles. The fourth-order valence-electron chi connectivity index (χ4n) is 2.53. The number of ether oxygens (including phenoxy) is 3. The van der Waals surface area contributed by atoms with Crippen LogP contribution in [-0.4, -0.2) is 35.2 Å². The monoisotopic (exact) mass is 388 g/mol. The molecule has 1 N–H and O–H groups in total. The van der Waals surface area contributed by atoms with Crippen LogP contribution in [0.15, 0.2) is 18.5 Å². The molecule has 1 saturated carbocycles. The van der Waals surface area contributed by atoms with E-state index in [1.54, 1.807) is 19.5 Å². The molecule has 0 spiro atoms. The van der Waals surface area contributed by atoms with Gasteiger partial charge in [-0.15, -0.1) is 0 Å². The van der Waals surface area contributed by atoms with E-state index >= 15 is 0 Å². The quantitative estimate of drug-likeness (QED) is 0.571. The zero-order valence-electron chi connectivity index (χ0n) is 16.3. The molecule has 0 saturated heterocycles. The number of pyridine rings is 1.